The van der Waals surface area contributed by atoms with Crippen molar-refractivity contribution in [3.63, 3.8) is 0 Å². The summed E-state index contributed by atoms with van der Waals surface area (Å²) in [7, 11) is 0. The van der Waals surface area contributed by atoms with Crippen LogP contribution in [0.15, 0.2) is 41.5 Å². The summed E-state index contributed by atoms with van der Waals surface area (Å²) in [6.07, 6.45) is 6.08. The molecule has 0 spiro atoms. The molecule has 6 heteroatoms. The molecule has 2 aromatic heterocycles. The van der Waals surface area contributed by atoms with Crippen molar-refractivity contribution in [3.05, 3.63) is 47.1 Å². The fourth-order valence-electron chi connectivity index (χ4n) is 1.10. The van der Waals surface area contributed by atoms with Crippen LogP contribution in [0.3, 0.4) is 0 Å². The summed E-state index contributed by atoms with van der Waals surface area (Å²) in [5.74, 6) is 0.170. The van der Waals surface area contributed by atoms with Crippen LogP contribution in [0, 0.1) is 0 Å². The lowest BCUT2D eigenvalue weighted by atomic mass is 10.2. The number of nitrogens with one attached hydrogen (secondary N) is 1. The first-order valence-corrected chi connectivity index (χ1v) is 5.24. The van der Waals surface area contributed by atoms with Crippen LogP contribution in [-0.2, 0) is 0 Å². The molecule has 2 rings (SSSR count). The fraction of sp³-hybridized carbons (Fsp3) is 0. The maximum atomic E-state index is 11.7. The van der Waals surface area contributed by atoms with Gasteiger partial charge < -0.3 is 5.32 Å². The van der Waals surface area contributed by atoms with Crippen LogP contribution < -0.4 is 5.32 Å². The number of aromatic nitrogens is 3. The molecular formula is C10H7BrN4O. The average molecular weight is 279 g/mol. The van der Waals surface area contributed by atoms with Gasteiger partial charge in [0.1, 0.15) is 4.60 Å². The molecule has 1 amide bonds. The van der Waals surface area contributed by atoms with Gasteiger partial charge in [-0.2, -0.15) is 0 Å². The number of carbonyl (C=O) groups excluding carboxylic acids is 1. The van der Waals surface area contributed by atoms with Gasteiger partial charge in [0, 0.05) is 24.2 Å². The molecule has 5 nitrogen and oxygen atoms in total. The quantitative estimate of drug-likeness (QED) is 0.852. The first kappa shape index (κ1) is 10.7. The van der Waals surface area contributed by atoms with Gasteiger partial charge >= 0.3 is 0 Å². The highest BCUT2D eigenvalue weighted by molar-refractivity contribution is 9.10. The molecule has 0 aliphatic carbocycles. The fourth-order valence-corrected chi connectivity index (χ4v) is 1.46. The summed E-state index contributed by atoms with van der Waals surface area (Å²) in [5.41, 5.74) is 0.507. The molecule has 0 aliphatic heterocycles. The first-order chi connectivity index (χ1) is 7.75. The van der Waals surface area contributed by atoms with Gasteiger partial charge in [-0.1, -0.05) is 0 Å². The van der Waals surface area contributed by atoms with Crippen molar-refractivity contribution in [1.82, 2.24) is 15.0 Å². The Morgan fingerprint density at radius 3 is 2.81 bits per heavy atom. The van der Waals surface area contributed by atoms with Crippen LogP contribution in [0.5, 0.6) is 0 Å². The van der Waals surface area contributed by atoms with Gasteiger partial charge in [0.05, 0.1) is 6.20 Å². The van der Waals surface area contributed by atoms with Crippen molar-refractivity contribution in [2.75, 3.05) is 5.32 Å². The number of anilines is 1. The maximum Gasteiger partial charge on any atom is 0.257 e. The summed E-state index contributed by atoms with van der Waals surface area (Å²) >= 11 is 3.20. The zero-order valence-electron chi connectivity index (χ0n) is 8.09. The van der Waals surface area contributed by atoms with E-state index in [0.29, 0.717) is 16.0 Å². The van der Waals surface area contributed by atoms with Gasteiger partial charge in [-0.15, -0.1) is 0 Å². The molecule has 16 heavy (non-hydrogen) atoms. The number of pyridine rings is 1. The Morgan fingerprint density at radius 2 is 2.12 bits per heavy atom. The minimum absolute atomic E-state index is 0.247. The first-order valence-electron chi connectivity index (χ1n) is 4.44. The number of rotatable bonds is 2. The molecular weight excluding hydrogens is 272 g/mol. The zero-order valence-corrected chi connectivity index (χ0v) is 9.68. The van der Waals surface area contributed by atoms with Crippen LogP contribution >= 0.6 is 15.9 Å². The lowest BCUT2D eigenvalue weighted by Gasteiger charge is -2.03. The second-order valence-corrected chi connectivity index (χ2v) is 3.72. The van der Waals surface area contributed by atoms with Gasteiger partial charge in [-0.05, 0) is 28.1 Å². The van der Waals surface area contributed by atoms with E-state index >= 15 is 0 Å². The van der Waals surface area contributed by atoms with Gasteiger partial charge in [-0.3, -0.25) is 9.78 Å². The largest absolute Gasteiger partial charge is 0.305 e. The third-order valence-electron chi connectivity index (χ3n) is 1.79. The monoisotopic (exact) mass is 278 g/mol. The summed E-state index contributed by atoms with van der Waals surface area (Å²) < 4.78 is 0.610. The third-order valence-corrected chi connectivity index (χ3v) is 2.23. The standard InChI is InChI=1S/C10H7BrN4O/c11-8-5-7(1-2-13-8)10(16)15-9-6-12-3-4-14-9/h1-6H,(H,14,15,16). The van der Waals surface area contributed by atoms with Gasteiger partial charge in [0.25, 0.3) is 5.91 Å². The smallest absolute Gasteiger partial charge is 0.257 e. The molecule has 2 heterocycles. The molecule has 0 unspecified atom stereocenters. The highest BCUT2D eigenvalue weighted by atomic mass is 79.9. The molecule has 0 fully saturated rings. The Balaban J connectivity index is 2.15. The second kappa shape index (κ2) is 4.80. The minimum Gasteiger partial charge on any atom is -0.305 e. The number of hydrogen-bond acceptors (Lipinski definition) is 4. The summed E-state index contributed by atoms with van der Waals surface area (Å²) in [6, 6.07) is 3.25. The molecule has 0 atom stereocenters. The van der Waals surface area contributed by atoms with Crippen molar-refractivity contribution in [2.45, 2.75) is 0 Å². The van der Waals surface area contributed by atoms with E-state index < -0.39 is 0 Å². The molecule has 0 radical (unpaired) electrons. The summed E-state index contributed by atoms with van der Waals surface area (Å²) in [6.45, 7) is 0. The lowest BCUT2D eigenvalue weighted by Crippen LogP contribution is -2.13. The third kappa shape index (κ3) is 2.60. The number of carbonyl (C=O) groups is 1. The number of hydrogen-bond donors (Lipinski definition) is 1. The zero-order chi connectivity index (χ0) is 11.4. The summed E-state index contributed by atoms with van der Waals surface area (Å²) in [5, 5.41) is 2.62. The van der Waals surface area contributed by atoms with E-state index in [4.69, 9.17) is 0 Å². The van der Waals surface area contributed by atoms with Crippen molar-refractivity contribution >= 4 is 27.7 Å². The molecule has 0 saturated heterocycles. The van der Waals surface area contributed by atoms with E-state index in [0.717, 1.165) is 0 Å². The molecule has 0 bridgehead atoms. The van der Waals surface area contributed by atoms with Gasteiger partial charge in [0.2, 0.25) is 0 Å². The average Bonchev–Trinajstić information content (AvgIpc) is 2.30. The molecule has 2 aromatic rings. The Morgan fingerprint density at radius 1 is 1.25 bits per heavy atom. The van der Waals surface area contributed by atoms with Crippen LogP contribution in [0.1, 0.15) is 10.4 Å². The molecule has 0 aliphatic rings. The van der Waals surface area contributed by atoms with Crippen molar-refractivity contribution in [1.29, 1.82) is 0 Å². The summed E-state index contributed by atoms with van der Waals surface area (Å²) in [4.78, 5) is 23.5. The van der Waals surface area contributed by atoms with Crippen LogP contribution in [0.4, 0.5) is 5.82 Å². The van der Waals surface area contributed by atoms with Gasteiger partial charge in [0.15, 0.2) is 5.82 Å². The van der Waals surface area contributed by atoms with E-state index in [1.807, 2.05) is 0 Å². The van der Waals surface area contributed by atoms with E-state index in [1.165, 1.54) is 12.4 Å². The predicted octanol–water partition coefficient (Wildman–Crippen LogP) is 1.89. The van der Waals surface area contributed by atoms with Crippen LogP contribution in [-0.4, -0.2) is 20.9 Å². The van der Waals surface area contributed by atoms with Crippen LogP contribution in [0.25, 0.3) is 0 Å². The molecule has 80 valence electrons. The Bertz CT molecular complexity index is 503. The topological polar surface area (TPSA) is 67.8 Å². The van der Waals surface area contributed by atoms with E-state index in [2.05, 4.69) is 36.2 Å². The second-order valence-electron chi connectivity index (χ2n) is 2.91. The predicted molar refractivity (Wildman–Crippen MR) is 61.9 cm³/mol. The van der Waals surface area contributed by atoms with E-state index in [9.17, 15) is 4.79 Å². The van der Waals surface area contributed by atoms with Gasteiger partial charge in [-0.25, -0.2) is 9.97 Å². The van der Waals surface area contributed by atoms with E-state index in [-0.39, 0.29) is 5.91 Å². The number of halogens is 1. The van der Waals surface area contributed by atoms with Crippen molar-refractivity contribution in [3.8, 4) is 0 Å². The molecule has 0 saturated carbocycles. The molecule has 0 aromatic carbocycles. The SMILES string of the molecule is O=C(Nc1cnccn1)c1ccnc(Br)c1. The Hall–Kier alpha value is -1.82. The highest BCUT2D eigenvalue weighted by Gasteiger charge is 2.06. The number of amides is 1. The maximum absolute atomic E-state index is 11.7. The molecule has 1 N–H and O–H groups in total. The Labute approximate surface area is 100 Å². The minimum atomic E-state index is -0.247. The van der Waals surface area contributed by atoms with E-state index in [1.54, 1.807) is 24.5 Å². The lowest BCUT2D eigenvalue weighted by molar-refractivity contribution is 0.102. The van der Waals surface area contributed by atoms with Crippen LogP contribution in [0.2, 0.25) is 0 Å². The number of nitrogens with zero attached hydrogens (tertiary/aromatic N) is 3. The normalized spacial score (nSPS) is 9.81. The van der Waals surface area contributed by atoms with Crippen molar-refractivity contribution < 1.29 is 4.79 Å². The Kier molecular flexibility index (Phi) is 3.21. The highest BCUT2D eigenvalue weighted by Crippen LogP contribution is 2.09. The van der Waals surface area contributed by atoms with Crippen molar-refractivity contribution in [2.24, 2.45) is 0 Å².